The summed E-state index contributed by atoms with van der Waals surface area (Å²) in [6.45, 7) is -2.52. The summed E-state index contributed by atoms with van der Waals surface area (Å²) >= 11 is 0. The number of ether oxygens (including phenoxy) is 1. The van der Waals surface area contributed by atoms with Gasteiger partial charge in [0.25, 0.3) is 0 Å². The zero-order valence-corrected chi connectivity index (χ0v) is 6.22. The lowest BCUT2D eigenvalue weighted by Gasteiger charge is -2.07. The highest BCUT2D eigenvalue weighted by Crippen LogP contribution is 2.14. The van der Waals surface area contributed by atoms with Gasteiger partial charge >= 0.3 is 18.2 Å². The van der Waals surface area contributed by atoms with Gasteiger partial charge in [-0.1, -0.05) is 0 Å². The van der Waals surface area contributed by atoms with E-state index in [-0.39, 0.29) is 0 Å². The molecule has 0 aliphatic heterocycles. The van der Waals surface area contributed by atoms with Crippen molar-refractivity contribution in [2.24, 2.45) is 0 Å². The number of alkyl carbamates (subject to hydrolysis) is 1. The number of carboxylic acid groups (broad SMARTS) is 1. The number of nitrogens with one attached hydrogen (secondary N) is 1. The van der Waals surface area contributed by atoms with E-state index in [1.807, 2.05) is 0 Å². The van der Waals surface area contributed by atoms with Gasteiger partial charge in [-0.2, -0.15) is 13.2 Å². The van der Waals surface area contributed by atoms with Gasteiger partial charge in [-0.15, -0.1) is 0 Å². The molecule has 8 heteroatoms. The predicted molar refractivity (Wildman–Crippen MR) is 33.0 cm³/mol. The van der Waals surface area contributed by atoms with Crippen LogP contribution in [-0.4, -0.2) is 36.5 Å². The Kier molecular flexibility index (Phi) is 4.02. The summed E-state index contributed by atoms with van der Waals surface area (Å²) in [6, 6.07) is 0. The van der Waals surface area contributed by atoms with Crippen molar-refractivity contribution < 1.29 is 32.6 Å². The molecule has 0 bridgehead atoms. The number of rotatable bonds is 3. The number of amides is 1. The smallest absolute Gasteiger partial charge is 0.422 e. The number of carbonyl (C=O) groups excluding carboxylic acids is 1. The molecule has 2 N–H and O–H groups in total. The van der Waals surface area contributed by atoms with Crippen LogP contribution in [0.4, 0.5) is 18.0 Å². The third-order valence-corrected chi connectivity index (χ3v) is 0.751. The molecule has 5 nitrogen and oxygen atoms in total. The van der Waals surface area contributed by atoms with E-state index in [1.54, 1.807) is 5.32 Å². The maximum absolute atomic E-state index is 11.4. The van der Waals surface area contributed by atoms with Crippen LogP contribution in [0.15, 0.2) is 0 Å². The normalized spacial score (nSPS) is 10.7. The van der Waals surface area contributed by atoms with E-state index >= 15 is 0 Å². The highest BCUT2D eigenvalue weighted by Gasteiger charge is 2.29. The molecule has 13 heavy (non-hydrogen) atoms. The van der Waals surface area contributed by atoms with Crippen LogP contribution in [-0.2, 0) is 9.53 Å². The number of hydrogen-bond donors (Lipinski definition) is 2. The van der Waals surface area contributed by atoms with Crippen LogP contribution in [0.2, 0.25) is 0 Å². The summed E-state index contributed by atoms with van der Waals surface area (Å²) in [7, 11) is 0. The van der Waals surface area contributed by atoms with Crippen molar-refractivity contribution in [1.29, 1.82) is 0 Å². The zero-order chi connectivity index (χ0) is 10.5. The first-order chi connectivity index (χ1) is 5.81. The number of aliphatic carboxylic acids is 1. The molecule has 0 aromatic heterocycles. The van der Waals surface area contributed by atoms with Crippen LogP contribution in [0.25, 0.3) is 0 Å². The Bertz CT molecular complexity index is 202. The van der Waals surface area contributed by atoms with Crippen molar-refractivity contribution in [1.82, 2.24) is 5.32 Å². The van der Waals surface area contributed by atoms with Gasteiger partial charge < -0.3 is 15.2 Å². The van der Waals surface area contributed by atoms with Gasteiger partial charge in [0.2, 0.25) is 0 Å². The Balaban J connectivity index is 3.58. The molecule has 0 aliphatic carbocycles. The number of hydrogen-bond acceptors (Lipinski definition) is 3. The van der Waals surface area contributed by atoms with Crippen LogP contribution in [0.5, 0.6) is 0 Å². The van der Waals surface area contributed by atoms with E-state index in [0.717, 1.165) is 0 Å². The fourth-order valence-corrected chi connectivity index (χ4v) is 0.346. The van der Waals surface area contributed by atoms with Crippen LogP contribution in [0.1, 0.15) is 0 Å². The Morgan fingerprint density at radius 2 is 1.92 bits per heavy atom. The standard InChI is InChI=1S/C5H6F3NO4/c6-5(7,8)2-13-4(12)9-1-3(10)11/h1-2H2,(H,9,12)(H,10,11). The highest BCUT2D eigenvalue weighted by atomic mass is 19.4. The van der Waals surface area contributed by atoms with E-state index in [0.29, 0.717) is 0 Å². The first kappa shape index (κ1) is 11.5. The molecule has 0 fully saturated rings. The van der Waals surface area contributed by atoms with E-state index in [4.69, 9.17) is 5.11 Å². The minimum absolute atomic E-state index is 0.781. The van der Waals surface area contributed by atoms with Gasteiger partial charge in [0.1, 0.15) is 6.54 Å². The van der Waals surface area contributed by atoms with Crippen LogP contribution < -0.4 is 5.32 Å². The summed E-state index contributed by atoms with van der Waals surface area (Å²) in [4.78, 5) is 20.1. The molecule has 0 aromatic rings. The van der Waals surface area contributed by atoms with Gasteiger partial charge in [0.05, 0.1) is 0 Å². The summed E-state index contributed by atoms with van der Waals surface area (Å²) < 4.78 is 37.8. The number of carbonyl (C=O) groups is 2. The topological polar surface area (TPSA) is 75.6 Å². The summed E-state index contributed by atoms with van der Waals surface area (Å²) in [5.41, 5.74) is 0. The fourth-order valence-electron chi connectivity index (χ4n) is 0.346. The van der Waals surface area contributed by atoms with E-state index in [9.17, 15) is 22.8 Å². The van der Waals surface area contributed by atoms with Gasteiger partial charge in [0.15, 0.2) is 6.61 Å². The summed E-state index contributed by atoms with van der Waals surface area (Å²) in [5, 5.41) is 9.59. The third kappa shape index (κ3) is 8.44. The largest absolute Gasteiger partial charge is 0.480 e. The second-order valence-corrected chi connectivity index (χ2v) is 1.94. The van der Waals surface area contributed by atoms with E-state index in [1.165, 1.54) is 0 Å². The molecule has 1 amide bonds. The molecule has 0 atom stereocenters. The molecule has 0 unspecified atom stereocenters. The average Bonchev–Trinajstić information content (AvgIpc) is 1.95. The molecular weight excluding hydrogens is 195 g/mol. The predicted octanol–water partition coefficient (Wildman–Crippen LogP) is 0.359. The minimum Gasteiger partial charge on any atom is -0.480 e. The van der Waals surface area contributed by atoms with Crippen LogP contribution in [0, 0.1) is 0 Å². The number of halogens is 3. The highest BCUT2D eigenvalue weighted by molar-refractivity contribution is 5.76. The third-order valence-electron chi connectivity index (χ3n) is 0.751. The molecule has 0 heterocycles. The van der Waals surface area contributed by atoms with Gasteiger partial charge in [-0.3, -0.25) is 4.79 Å². The second kappa shape index (κ2) is 4.53. The summed E-state index contributed by atoms with van der Waals surface area (Å²) in [5.74, 6) is -1.37. The van der Waals surface area contributed by atoms with Crippen molar-refractivity contribution in [3.05, 3.63) is 0 Å². The lowest BCUT2D eigenvalue weighted by molar-refractivity contribution is -0.160. The Morgan fingerprint density at radius 1 is 1.38 bits per heavy atom. The number of alkyl halides is 3. The maximum Gasteiger partial charge on any atom is 0.422 e. The van der Waals surface area contributed by atoms with Crippen molar-refractivity contribution >= 4 is 12.1 Å². The fraction of sp³-hybridized carbons (Fsp3) is 0.600. The second-order valence-electron chi connectivity index (χ2n) is 1.94. The Hall–Kier alpha value is -1.47. The molecule has 76 valence electrons. The first-order valence-electron chi connectivity index (χ1n) is 3.00. The SMILES string of the molecule is O=C(O)CNC(=O)OCC(F)(F)F. The van der Waals surface area contributed by atoms with E-state index < -0.39 is 31.4 Å². The Labute approximate surface area is 70.5 Å². The maximum atomic E-state index is 11.4. The zero-order valence-electron chi connectivity index (χ0n) is 6.22. The lowest BCUT2D eigenvalue weighted by atomic mass is 10.6. The first-order valence-corrected chi connectivity index (χ1v) is 3.00. The van der Waals surface area contributed by atoms with Gasteiger partial charge in [-0.25, -0.2) is 4.79 Å². The van der Waals surface area contributed by atoms with Crippen molar-refractivity contribution in [2.45, 2.75) is 6.18 Å². The molecule has 0 saturated carbocycles. The van der Waals surface area contributed by atoms with Crippen molar-refractivity contribution in [2.75, 3.05) is 13.2 Å². The monoisotopic (exact) mass is 201 g/mol. The van der Waals surface area contributed by atoms with Crippen molar-refractivity contribution in [3.63, 3.8) is 0 Å². The average molecular weight is 201 g/mol. The van der Waals surface area contributed by atoms with E-state index in [2.05, 4.69) is 4.74 Å². The number of carboxylic acids is 1. The van der Waals surface area contributed by atoms with Gasteiger partial charge in [0, 0.05) is 0 Å². The van der Waals surface area contributed by atoms with Gasteiger partial charge in [-0.05, 0) is 0 Å². The lowest BCUT2D eigenvalue weighted by Crippen LogP contribution is -2.32. The molecule has 0 radical (unpaired) electrons. The summed E-state index contributed by atoms with van der Waals surface area (Å²) in [6.07, 6.45) is -6.03. The molecular formula is C5H6F3NO4. The molecule has 0 aromatic carbocycles. The van der Waals surface area contributed by atoms with Crippen LogP contribution in [0.3, 0.4) is 0 Å². The molecule has 0 rings (SSSR count). The molecule has 0 aliphatic rings. The Morgan fingerprint density at radius 3 is 2.31 bits per heavy atom. The minimum atomic E-state index is -4.61. The van der Waals surface area contributed by atoms with Crippen molar-refractivity contribution in [3.8, 4) is 0 Å². The van der Waals surface area contributed by atoms with Crippen LogP contribution >= 0.6 is 0 Å². The molecule has 0 spiro atoms. The quantitative estimate of drug-likeness (QED) is 0.691. The molecule has 0 saturated heterocycles.